The van der Waals surface area contributed by atoms with E-state index in [1.54, 1.807) is 0 Å². The first-order valence-electron chi connectivity index (χ1n) is 6.43. The van der Waals surface area contributed by atoms with Gasteiger partial charge >= 0.3 is 11.9 Å². The van der Waals surface area contributed by atoms with Gasteiger partial charge in [0.25, 0.3) is 0 Å². The van der Waals surface area contributed by atoms with Crippen LogP contribution < -0.4 is 0 Å². The number of methoxy groups -OCH3 is 1. The molecule has 0 N–H and O–H groups in total. The molecule has 1 heterocycles. The topological polar surface area (TPSA) is 71.1 Å². The summed E-state index contributed by atoms with van der Waals surface area (Å²) >= 11 is 0. The van der Waals surface area contributed by atoms with Crippen LogP contribution in [-0.2, 0) is 28.5 Å². The SMILES string of the molecule is CC[C@H]1O[C@@H](OC)[C@H](OC(C)=O)[C@@H](OC(C)=O)[C@@H]1C. The summed E-state index contributed by atoms with van der Waals surface area (Å²) < 4.78 is 21.4. The molecular weight excluding hydrogens is 252 g/mol. The highest BCUT2D eigenvalue weighted by Crippen LogP contribution is 2.32. The molecule has 6 heteroatoms. The van der Waals surface area contributed by atoms with Crippen LogP contribution in [0.2, 0.25) is 0 Å². The molecule has 1 saturated heterocycles. The fourth-order valence-electron chi connectivity index (χ4n) is 2.38. The Bertz CT molecular complexity index is 329. The van der Waals surface area contributed by atoms with Crippen molar-refractivity contribution in [3.8, 4) is 0 Å². The molecule has 1 aliphatic heterocycles. The van der Waals surface area contributed by atoms with E-state index in [0.29, 0.717) is 0 Å². The van der Waals surface area contributed by atoms with Gasteiger partial charge in [-0.1, -0.05) is 13.8 Å². The van der Waals surface area contributed by atoms with E-state index in [1.165, 1.54) is 21.0 Å². The van der Waals surface area contributed by atoms with Gasteiger partial charge in [-0.15, -0.1) is 0 Å². The Balaban J connectivity index is 2.96. The Morgan fingerprint density at radius 1 is 1.11 bits per heavy atom. The van der Waals surface area contributed by atoms with Gasteiger partial charge in [0.15, 0.2) is 12.4 Å². The lowest BCUT2D eigenvalue weighted by atomic mass is 9.89. The Labute approximate surface area is 113 Å². The van der Waals surface area contributed by atoms with E-state index < -0.39 is 30.4 Å². The van der Waals surface area contributed by atoms with Crippen molar-refractivity contribution in [2.75, 3.05) is 7.11 Å². The minimum absolute atomic E-state index is 0.0790. The van der Waals surface area contributed by atoms with Crippen LogP contribution in [0.25, 0.3) is 0 Å². The summed E-state index contributed by atoms with van der Waals surface area (Å²) in [6.45, 7) is 6.51. The van der Waals surface area contributed by atoms with Gasteiger partial charge in [-0.2, -0.15) is 0 Å². The zero-order valence-electron chi connectivity index (χ0n) is 12.0. The third-order valence-corrected chi connectivity index (χ3v) is 3.24. The maximum absolute atomic E-state index is 11.2. The van der Waals surface area contributed by atoms with Crippen molar-refractivity contribution in [3.05, 3.63) is 0 Å². The molecule has 5 atom stereocenters. The Morgan fingerprint density at radius 3 is 2.05 bits per heavy atom. The Morgan fingerprint density at radius 2 is 1.63 bits per heavy atom. The first kappa shape index (κ1) is 15.9. The summed E-state index contributed by atoms with van der Waals surface area (Å²) in [6.07, 6.45) is -1.39. The van der Waals surface area contributed by atoms with E-state index in [1.807, 2.05) is 13.8 Å². The normalized spacial score (nSPS) is 34.7. The smallest absolute Gasteiger partial charge is 0.303 e. The molecule has 1 fully saturated rings. The van der Waals surface area contributed by atoms with Crippen LogP contribution in [0.1, 0.15) is 34.1 Å². The highest BCUT2D eigenvalue weighted by molar-refractivity contribution is 5.67. The van der Waals surface area contributed by atoms with Gasteiger partial charge in [0, 0.05) is 26.9 Å². The Kier molecular flexibility index (Phi) is 5.75. The van der Waals surface area contributed by atoms with Gasteiger partial charge in [-0.25, -0.2) is 0 Å². The molecule has 1 rings (SSSR count). The number of rotatable bonds is 4. The molecule has 110 valence electrons. The van der Waals surface area contributed by atoms with Crippen molar-refractivity contribution >= 4 is 11.9 Å². The molecule has 0 aromatic rings. The van der Waals surface area contributed by atoms with E-state index in [4.69, 9.17) is 18.9 Å². The minimum Gasteiger partial charge on any atom is -0.458 e. The number of hydrogen-bond acceptors (Lipinski definition) is 6. The van der Waals surface area contributed by atoms with Crippen molar-refractivity contribution < 1.29 is 28.5 Å². The van der Waals surface area contributed by atoms with Crippen LogP contribution in [0, 0.1) is 5.92 Å². The highest BCUT2D eigenvalue weighted by Gasteiger charge is 2.47. The van der Waals surface area contributed by atoms with Crippen molar-refractivity contribution in [2.24, 2.45) is 5.92 Å². The monoisotopic (exact) mass is 274 g/mol. The van der Waals surface area contributed by atoms with Gasteiger partial charge < -0.3 is 18.9 Å². The average molecular weight is 274 g/mol. The maximum Gasteiger partial charge on any atom is 0.303 e. The summed E-state index contributed by atoms with van der Waals surface area (Å²) in [5.41, 5.74) is 0. The van der Waals surface area contributed by atoms with Gasteiger partial charge in [0.1, 0.15) is 6.10 Å². The molecule has 0 spiro atoms. The van der Waals surface area contributed by atoms with Crippen molar-refractivity contribution in [2.45, 2.75) is 58.7 Å². The lowest BCUT2D eigenvalue weighted by Crippen LogP contribution is -2.56. The molecule has 19 heavy (non-hydrogen) atoms. The van der Waals surface area contributed by atoms with Crippen LogP contribution in [0.5, 0.6) is 0 Å². The summed E-state index contributed by atoms with van der Waals surface area (Å²) in [4.78, 5) is 22.4. The minimum atomic E-state index is -0.746. The largest absolute Gasteiger partial charge is 0.458 e. The third kappa shape index (κ3) is 3.91. The fourth-order valence-corrected chi connectivity index (χ4v) is 2.38. The number of esters is 2. The van der Waals surface area contributed by atoms with E-state index in [0.717, 1.165) is 6.42 Å². The molecule has 0 unspecified atom stereocenters. The third-order valence-electron chi connectivity index (χ3n) is 3.24. The molecule has 0 amide bonds. The van der Waals surface area contributed by atoms with Gasteiger partial charge in [0.2, 0.25) is 0 Å². The second-order valence-corrected chi connectivity index (χ2v) is 4.69. The van der Waals surface area contributed by atoms with Crippen LogP contribution in [0.15, 0.2) is 0 Å². The first-order chi connectivity index (χ1) is 8.90. The van der Waals surface area contributed by atoms with E-state index in [9.17, 15) is 9.59 Å². The van der Waals surface area contributed by atoms with Crippen LogP contribution in [-0.4, -0.2) is 43.7 Å². The number of hydrogen-bond donors (Lipinski definition) is 0. The van der Waals surface area contributed by atoms with Crippen molar-refractivity contribution in [3.63, 3.8) is 0 Å². The molecule has 0 aromatic carbocycles. The molecule has 0 bridgehead atoms. The van der Waals surface area contributed by atoms with Crippen molar-refractivity contribution in [1.29, 1.82) is 0 Å². The van der Waals surface area contributed by atoms with Crippen LogP contribution in [0.3, 0.4) is 0 Å². The number of ether oxygens (including phenoxy) is 4. The summed E-state index contributed by atoms with van der Waals surface area (Å²) in [5.74, 6) is -0.958. The predicted octanol–water partition coefficient (Wildman–Crippen LogP) is 1.27. The zero-order valence-corrected chi connectivity index (χ0v) is 12.0. The van der Waals surface area contributed by atoms with Crippen molar-refractivity contribution in [1.82, 2.24) is 0 Å². The zero-order chi connectivity index (χ0) is 14.6. The first-order valence-corrected chi connectivity index (χ1v) is 6.43. The summed E-state index contributed by atoms with van der Waals surface area (Å²) in [7, 11) is 1.47. The molecule has 1 aliphatic rings. The van der Waals surface area contributed by atoms with Crippen LogP contribution in [0.4, 0.5) is 0 Å². The second kappa shape index (κ2) is 6.86. The van der Waals surface area contributed by atoms with Crippen LogP contribution >= 0.6 is 0 Å². The lowest BCUT2D eigenvalue weighted by molar-refractivity contribution is -0.283. The molecule has 6 nitrogen and oxygen atoms in total. The lowest BCUT2D eigenvalue weighted by Gasteiger charge is -2.43. The van der Waals surface area contributed by atoms with E-state index in [-0.39, 0.29) is 12.0 Å². The van der Waals surface area contributed by atoms with E-state index in [2.05, 4.69) is 0 Å². The second-order valence-electron chi connectivity index (χ2n) is 4.69. The number of carbonyl (C=O) groups is 2. The van der Waals surface area contributed by atoms with E-state index >= 15 is 0 Å². The van der Waals surface area contributed by atoms with Gasteiger partial charge in [-0.3, -0.25) is 9.59 Å². The maximum atomic E-state index is 11.2. The fraction of sp³-hybridized carbons (Fsp3) is 0.846. The predicted molar refractivity (Wildman–Crippen MR) is 66.2 cm³/mol. The molecule has 0 radical (unpaired) electrons. The highest BCUT2D eigenvalue weighted by atomic mass is 16.7. The Hall–Kier alpha value is -1.14. The van der Waals surface area contributed by atoms with Gasteiger partial charge in [-0.05, 0) is 6.42 Å². The molecule has 0 aliphatic carbocycles. The standard InChI is InChI=1S/C13H22O6/c1-6-10-7(2)11(17-8(3)14)12(18-9(4)15)13(16-5)19-10/h7,10-13H,6H2,1-5H3/t7-,10-,11+,12-,13-/m1/s1. The summed E-state index contributed by atoms with van der Waals surface area (Å²) in [6, 6.07) is 0. The quantitative estimate of drug-likeness (QED) is 0.719. The molecular formula is C13H22O6. The summed E-state index contributed by atoms with van der Waals surface area (Å²) in [5, 5.41) is 0. The molecule has 0 aromatic heterocycles. The molecule has 0 saturated carbocycles. The number of carbonyl (C=O) groups excluding carboxylic acids is 2. The van der Waals surface area contributed by atoms with Gasteiger partial charge in [0.05, 0.1) is 6.10 Å². The average Bonchev–Trinajstić information content (AvgIpc) is 2.33.